The van der Waals surface area contributed by atoms with E-state index in [1.165, 1.54) is 0 Å². The number of aromatic nitrogens is 2. The first-order valence-electron chi connectivity index (χ1n) is 10.7. The van der Waals surface area contributed by atoms with E-state index in [1.54, 1.807) is 12.1 Å². The van der Waals surface area contributed by atoms with Gasteiger partial charge in [-0.15, -0.1) is 0 Å². The topological polar surface area (TPSA) is 58.1 Å². The van der Waals surface area contributed by atoms with Gasteiger partial charge < -0.3 is 0 Å². The third-order valence-corrected chi connectivity index (χ3v) is 10.7. The van der Waals surface area contributed by atoms with E-state index in [0.717, 1.165) is 22.2 Å². The van der Waals surface area contributed by atoms with Gasteiger partial charge in [0.2, 0.25) is 0 Å². The van der Waals surface area contributed by atoms with Gasteiger partial charge in [-0.3, -0.25) is 0 Å². The monoisotopic (exact) mass is 596 g/mol. The summed E-state index contributed by atoms with van der Waals surface area (Å²) >= 11 is -3.28. The van der Waals surface area contributed by atoms with E-state index in [-0.39, 0.29) is 35.1 Å². The summed E-state index contributed by atoms with van der Waals surface area (Å²) in [7, 11) is 0. The zero-order valence-electron chi connectivity index (χ0n) is 19.4. The van der Waals surface area contributed by atoms with Crippen LogP contribution in [0, 0.1) is 0 Å². The van der Waals surface area contributed by atoms with Crippen LogP contribution in [0.25, 0.3) is 0 Å². The zero-order valence-corrected chi connectivity index (χ0v) is 22.3. The van der Waals surface area contributed by atoms with E-state index in [4.69, 9.17) is 0 Å². The van der Waals surface area contributed by atoms with Gasteiger partial charge in [0.15, 0.2) is 0 Å². The van der Waals surface area contributed by atoms with Gasteiger partial charge in [-0.05, 0) is 0 Å². The molecule has 1 aliphatic rings. The molecule has 0 fully saturated rings. The Morgan fingerprint density at radius 3 is 2.26 bits per heavy atom. The van der Waals surface area contributed by atoms with Crippen molar-refractivity contribution in [1.82, 2.24) is 14.9 Å². The summed E-state index contributed by atoms with van der Waals surface area (Å²) in [5.41, 5.74) is 1.88. The number of alkyl halides is 6. The summed E-state index contributed by atoms with van der Waals surface area (Å²) in [6, 6.07) is 3.51. The number of carbonyl (C=O) groups excluding carboxylic acids is 1. The molecule has 1 aliphatic heterocycles. The summed E-state index contributed by atoms with van der Waals surface area (Å²) in [6.07, 6.45) is -8.45. The second-order valence-electron chi connectivity index (χ2n) is 9.67. The molecule has 34 heavy (non-hydrogen) atoms. The molecule has 0 spiro atoms. The van der Waals surface area contributed by atoms with Crippen LogP contribution < -0.4 is 9.03 Å². The van der Waals surface area contributed by atoms with Crippen molar-refractivity contribution in [2.45, 2.75) is 59.9 Å². The fourth-order valence-electron chi connectivity index (χ4n) is 3.91. The van der Waals surface area contributed by atoms with Crippen molar-refractivity contribution in [1.29, 1.82) is 0 Å². The van der Waals surface area contributed by atoms with Gasteiger partial charge in [-0.1, -0.05) is 0 Å². The SMILES string of the molecule is CC(C)c1cc2c(cc1Nc1ncc(C(F)(F)F)[c]([Sn]([CH3])([CH3])[CH3])n1)CCN(C(=O)C(F)(F)F)C2. The number of rotatable bonds is 4. The second-order valence-corrected chi connectivity index (χ2v) is 23.9. The number of fused-ring (bicyclic) bond motifs is 1. The minimum atomic E-state index is -4.93. The maximum atomic E-state index is 13.5. The van der Waals surface area contributed by atoms with Gasteiger partial charge in [-0.25, -0.2) is 0 Å². The Balaban J connectivity index is 1.99. The van der Waals surface area contributed by atoms with Crippen LogP contribution >= 0.6 is 0 Å². The van der Waals surface area contributed by atoms with Crippen molar-refractivity contribution in [3.05, 3.63) is 40.6 Å². The average Bonchev–Trinajstić information content (AvgIpc) is 2.70. The van der Waals surface area contributed by atoms with E-state index < -0.39 is 42.2 Å². The molecule has 0 radical (unpaired) electrons. The molecular weight excluding hydrogens is 569 g/mol. The molecule has 2 aromatic rings. The first-order valence-corrected chi connectivity index (χ1v) is 20.7. The average molecular weight is 595 g/mol. The standard InChI is InChI=1S/C19H17F6N4O.3CH3.Sn/c1-10(2)14-5-12-9-29(16(30)19(23,24)25)4-3-11(12)6-15(14)28-17-26-7-13(8-27-17)18(20,21)22;;;;/h5-7,10H,3-4,9H2,1-2H3,(H,26,27,28);3*1H3;. The van der Waals surface area contributed by atoms with Gasteiger partial charge in [0, 0.05) is 0 Å². The third kappa shape index (κ3) is 5.77. The number of nitrogens with zero attached hydrogens (tertiary/aromatic N) is 3. The van der Waals surface area contributed by atoms with Gasteiger partial charge in [-0.2, -0.15) is 13.2 Å². The molecule has 12 heteroatoms. The fraction of sp³-hybridized carbons (Fsp3) is 0.500. The molecule has 0 saturated heterocycles. The molecule has 0 unspecified atom stereocenters. The first-order chi connectivity index (χ1) is 15.5. The Kier molecular flexibility index (Phi) is 7.18. The van der Waals surface area contributed by atoms with Crippen LogP contribution in [0.5, 0.6) is 0 Å². The Bertz CT molecular complexity index is 1090. The molecule has 0 atom stereocenters. The number of hydrogen-bond donors (Lipinski definition) is 1. The summed E-state index contributed by atoms with van der Waals surface area (Å²) in [5.74, 6) is -1.89. The van der Waals surface area contributed by atoms with E-state index in [9.17, 15) is 31.1 Å². The normalized spacial score (nSPS) is 14.9. The molecule has 0 aliphatic carbocycles. The molecular formula is C22H26F6N4OSn. The minimum absolute atomic E-state index is 0.0427. The van der Waals surface area contributed by atoms with Crippen LogP contribution in [0.1, 0.15) is 42.0 Å². The van der Waals surface area contributed by atoms with Crippen LogP contribution in [0.2, 0.25) is 14.8 Å². The number of anilines is 2. The van der Waals surface area contributed by atoms with Crippen LogP contribution in [0.15, 0.2) is 18.3 Å². The predicted octanol–water partition coefficient (Wildman–Crippen LogP) is 5.35. The molecule has 1 aromatic carbocycles. The van der Waals surface area contributed by atoms with Crippen molar-refractivity contribution >= 4 is 39.6 Å². The fourth-order valence-corrected chi connectivity index (χ4v) is 8.06. The number of nitrogens with one attached hydrogen (secondary N) is 1. The van der Waals surface area contributed by atoms with Gasteiger partial charge in [0.05, 0.1) is 0 Å². The van der Waals surface area contributed by atoms with Crippen LogP contribution in [0.3, 0.4) is 0 Å². The van der Waals surface area contributed by atoms with E-state index in [2.05, 4.69) is 15.3 Å². The molecule has 2 heterocycles. The Labute approximate surface area is 197 Å². The van der Waals surface area contributed by atoms with Crippen LogP contribution in [-0.4, -0.2) is 51.9 Å². The molecule has 186 valence electrons. The number of halogens is 6. The molecule has 0 bridgehead atoms. The summed E-state index contributed by atoms with van der Waals surface area (Å²) in [6.45, 7) is 3.54. The van der Waals surface area contributed by atoms with Gasteiger partial charge in [0.1, 0.15) is 0 Å². The van der Waals surface area contributed by atoms with Crippen molar-refractivity contribution in [2.75, 3.05) is 11.9 Å². The Morgan fingerprint density at radius 1 is 1.09 bits per heavy atom. The number of benzene rings is 1. The Hall–Kier alpha value is -2.05. The molecule has 1 amide bonds. The molecule has 1 aromatic heterocycles. The van der Waals surface area contributed by atoms with Gasteiger partial charge in [0.25, 0.3) is 0 Å². The molecule has 0 saturated carbocycles. The van der Waals surface area contributed by atoms with E-state index in [0.29, 0.717) is 11.3 Å². The van der Waals surface area contributed by atoms with Crippen molar-refractivity contribution in [3.63, 3.8) is 0 Å². The summed E-state index contributed by atoms with van der Waals surface area (Å²) in [5, 5.41) is 3.04. The van der Waals surface area contributed by atoms with E-state index >= 15 is 0 Å². The second kappa shape index (κ2) is 9.19. The van der Waals surface area contributed by atoms with Crippen LogP contribution in [0.4, 0.5) is 38.0 Å². The number of hydrogen-bond acceptors (Lipinski definition) is 4. The molecule has 5 nitrogen and oxygen atoms in total. The Morgan fingerprint density at radius 2 is 1.74 bits per heavy atom. The third-order valence-electron chi connectivity index (χ3n) is 5.59. The maximum absolute atomic E-state index is 13.5. The first kappa shape index (κ1) is 26.6. The van der Waals surface area contributed by atoms with Crippen molar-refractivity contribution in [3.8, 4) is 0 Å². The van der Waals surface area contributed by atoms with Crippen molar-refractivity contribution in [2.24, 2.45) is 0 Å². The quantitative estimate of drug-likeness (QED) is 0.383. The summed E-state index contributed by atoms with van der Waals surface area (Å²) < 4.78 is 79.1. The van der Waals surface area contributed by atoms with Crippen LogP contribution in [-0.2, 0) is 23.9 Å². The van der Waals surface area contributed by atoms with Crippen molar-refractivity contribution < 1.29 is 31.1 Å². The zero-order chi connectivity index (χ0) is 25.6. The number of carbonyl (C=O) groups is 1. The predicted molar refractivity (Wildman–Crippen MR) is 119 cm³/mol. The molecule has 3 rings (SSSR count). The van der Waals surface area contributed by atoms with Gasteiger partial charge >= 0.3 is 185 Å². The summed E-state index contributed by atoms with van der Waals surface area (Å²) in [4.78, 5) is 26.1. The number of amides is 1. The molecule has 1 N–H and O–H groups in total. The van der Waals surface area contributed by atoms with E-state index in [1.807, 2.05) is 28.7 Å².